The van der Waals surface area contributed by atoms with Crippen molar-refractivity contribution in [3.63, 3.8) is 0 Å². The third-order valence-electron chi connectivity index (χ3n) is 5.21. The van der Waals surface area contributed by atoms with Gasteiger partial charge in [0.1, 0.15) is 29.3 Å². The highest BCUT2D eigenvalue weighted by molar-refractivity contribution is 5.90. The van der Waals surface area contributed by atoms with Gasteiger partial charge in [-0.1, -0.05) is 6.07 Å². The number of hydrogen-bond donors (Lipinski definition) is 3. The highest BCUT2D eigenvalue weighted by atomic mass is 16.5. The Bertz CT molecular complexity index is 1340. The maximum atomic E-state index is 12.4. The van der Waals surface area contributed by atoms with Crippen molar-refractivity contribution in [2.24, 2.45) is 0 Å². The third-order valence-corrected chi connectivity index (χ3v) is 5.21. The molecule has 0 aliphatic carbocycles. The summed E-state index contributed by atoms with van der Waals surface area (Å²) in [6.07, 6.45) is 5.50. The molecule has 1 aliphatic rings. The van der Waals surface area contributed by atoms with E-state index in [1.165, 1.54) is 6.20 Å². The molecule has 1 saturated heterocycles. The van der Waals surface area contributed by atoms with Crippen LogP contribution >= 0.6 is 0 Å². The van der Waals surface area contributed by atoms with E-state index in [-0.39, 0.29) is 12.1 Å². The van der Waals surface area contributed by atoms with Crippen LogP contribution in [0.3, 0.4) is 0 Å². The second kappa shape index (κ2) is 10.2. The van der Waals surface area contributed by atoms with E-state index in [1.807, 2.05) is 25.1 Å². The fourth-order valence-electron chi connectivity index (χ4n) is 3.53. The number of ether oxygens (including phenoxy) is 1. The molecule has 35 heavy (non-hydrogen) atoms. The summed E-state index contributed by atoms with van der Waals surface area (Å²) in [6.45, 7) is 3.44. The molecule has 0 saturated carbocycles. The lowest BCUT2D eigenvalue weighted by atomic mass is 10.2. The van der Waals surface area contributed by atoms with E-state index >= 15 is 0 Å². The number of rotatable bonds is 7. The fourth-order valence-corrected chi connectivity index (χ4v) is 3.53. The largest absolute Gasteiger partial charge is 0.457 e. The molecule has 1 fully saturated rings. The van der Waals surface area contributed by atoms with Gasteiger partial charge in [-0.05, 0) is 56.3 Å². The van der Waals surface area contributed by atoms with Crippen LogP contribution in [0.15, 0.2) is 61.1 Å². The lowest BCUT2D eigenvalue weighted by molar-refractivity contribution is 0.0344. The van der Waals surface area contributed by atoms with Gasteiger partial charge in [0.2, 0.25) is 5.95 Å². The summed E-state index contributed by atoms with van der Waals surface area (Å²) in [5.41, 5.74) is 1.98. The van der Waals surface area contributed by atoms with Crippen LogP contribution in [-0.2, 0) is 4.74 Å². The molecule has 0 bridgehead atoms. The summed E-state index contributed by atoms with van der Waals surface area (Å²) in [7, 11) is 0. The zero-order valence-corrected chi connectivity index (χ0v) is 19.0. The Morgan fingerprint density at radius 2 is 1.77 bits per heavy atom. The van der Waals surface area contributed by atoms with E-state index in [4.69, 9.17) is 4.74 Å². The Kier molecular flexibility index (Phi) is 6.48. The van der Waals surface area contributed by atoms with Gasteiger partial charge in [-0.2, -0.15) is 4.98 Å². The van der Waals surface area contributed by atoms with Gasteiger partial charge in [0, 0.05) is 30.8 Å². The Morgan fingerprint density at radius 1 is 0.943 bits per heavy atom. The number of aryl methyl sites for hydroxylation is 1. The summed E-state index contributed by atoms with van der Waals surface area (Å²) in [6, 6.07) is 12.4. The summed E-state index contributed by atoms with van der Waals surface area (Å²) in [5, 5.41) is 9.35. The molecule has 0 unspecified atom stereocenters. The number of aromatic nitrogens is 6. The number of anilines is 4. The van der Waals surface area contributed by atoms with Crippen molar-refractivity contribution in [2.45, 2.75) is 19.4 Å². The first-order chi connectivity index (χ1) is 17.1. The number of hydrogen-bond acceptors (Lipinski definition) is 11. The number of carbonyl (C=O) groups is 1. The predicted molar refractivity (Wildman–Crippen MR) is 130 cm³/mol. The summed E-state index contributed by atoms with van der Waals surface area (Å²) < 4.78 is 5.52. The molecule has 5 heterocycles. The van der Waals surface area contributed by atoms with Crippen molar-refractivity contribution >= 4 is 29.4 Å². The Labute approximate surface area is 201 Å². The molecular formula is C24H23N9O2. The summed E-state index contributed by atoms with van der Waals surface area (Å²) in [4.78, 5) is 38.7. The fraction of sp³-hybridized carbons (Fsp3) is 0.208. The minimum atomic E-state index is -0.386. The van der Waals surface area contributed by atoms with Gasteiger partial charge in [0.05, 0.1) is 5.56 Å². The van der Waals surface area contributed by atoms with E-state index in [9.17, 15) is 4.79 Å². The molecule has 176 valence electrons. The first-order valence-electron chi connectivity index (χ1n) is 11.1. The molecule has 11 nitrogen and oxygen atoms in total. The molecule has 4 aromatic rings. The third kappa shape index (κ3) is 5.71. The van der Waals surface area contributed by atoms with E-state index in [1.54, 1.807) is 36.7 Å². The smallest absolute Gasteiger partial charge is 0.338 e. The van der Waals surface area contributed by atoms with Crippen LogP contribution in [0.25, 0.3) is 11.5 Å². The zero-order valence-electron chi connectivity index (χ0n) is 19.0. The second-order valence-electron chi connectivity index (χ2n) is 7.90. The predicted octanol–water partition coefficient (Wildman–Crippen LogP) is 3.04. The Morgan fingerprint density at radius 3 is 2.60 bits per heavy atom. The minimum Gasteiger partial charge on any atom is -0.457 e. The summed E-state index contributed by atoms with van der Waals surface area (Å²) in [5.74, 6) is 1.94. The van der Waals surface area contributed by atoms with Gasteiger partial charge < -0.3 is 20.7 Å². The van der Waals surface area contributed by atoms with Gasteiger partial charge in [-0.15, -0.1) is 0 Å². The Balaban J connectivity index is 1.28. The number of nitrogens with one attached hydrogen (secondary N) is 3. The standard InChI is InChI=1S/C24H23N9O2/c1-15-3-2-4-18(29-15)22-27-11-7-19(31-22)30-20-8-12-28-24(32-20)33-21-13-16(5-10-26-21)23(34)35-17-6-9-25-14-17/h2-5,7-8,10-13,17,25H,6,9,14H2,1H3,(H2,26,27,28,30,31,32,33)/t17-/m0/s1. The maximum absolute atomic E-state index is 12.4. The highest BCUT2D eigenvalue weighted by Crippen LogP contribution is 2.19. The minimum absolute atomic E-state index is 0.109. The number of pyridine rings is 2. The molecule has 0 spiro atoms. The normalized spacial score (nSPS) is 14.9. The van der Waals surface area contributed by atoms with Crippen LogP contribution in [0.4, 0.5) is 23.4 Å². The molecule has 1 aliphatic heterocycles. The number of nitrogens with zero attached hydrogens (tertiary/aromatic N) is 6. The Hall–Kier alpha value is -4.51. The zero-order chi connectivity index (χ0) is 24.0. The molecule has 0 amide bonds. The quantitative estimate of drug-likeness (QED) is 0.344. The van der Waals surface area contributed by atoms with Crippen molar-refractivity contribution in [1.29, 1.82) is 0 Å². The van der Waals surface area contributed by atoms with E-state index in [0.717, 1.165) is 18.7 Å². The van der Waals surface area contributed by atoms with Crippen LogP contribution in [0.5, 0.6) is 0 Å². The molecule has 4 aromatic heterocycles. The van der Waals surface area contributed by atoms with Crippen molar-refractivity contribution in [2.75, 3.05) is 23.7 Å². The van der Waals surface area contributed by atoms with Crippen LogP contribution in [0, 0.1) is 6.92 Å². The van der Waals surface area contributed by atoms with E-state index < -0.39 is 0 Å². The van der Waals surface area contributed by atoms with Gasteiger partial charge >= 0.3 is 5.97 Å². The van der Waals surface area contributed by atoms with Crippen LogP contribution in [0.1, 0.15) is 22.5 Å². The first kappa shape index (κ1) is 22.3. The van der Waals surface area contributed by atoms with Crippen LogP contribution in [-0.4, -0.2) is 55.1 Å². The maximum Gasteiger partial charge on any atom is 0.338 e. The monoisotopic (exact) mass is 469 g/mol. The average molecular weight is 470 g/mol. The molecule has 11 heteroatoms. The van der Waals surface area contributed by atoms with Gasteiger partial charge in [-0.3, -0.25) is 0 Å². The van der Waals surface area contributed by atoms with Crippen molar-refractivity contribution in [1.82, 2.24) is 35.2 Å². The lowest BCUT2D eigenvalue weighted by Crippen LogP contribution is -2.21. The highest BCUT2D eigenvalue weighted by Gasteiger charge is 2.20. The number of carbonyl (C=O) groups excluding carboxylic acids is 1. The summed E-state index contributed by atoms with van der Waals surface area (Å²) >= 11 is 0. The molecule has 1 atom stereocenters. The topological polar surface area (TPSA) is 140 Å². The average Bonchev–Trinajstić information content (AvgIpc) is 3.38. The molecule has 5 rings (SSSR count). The van der Waals surface area contributed by atoms with Crippen molar-refractivity contribution in [3.8, 4) is 11.5 Å². The van der Waals surface area contributed by atoms with Crippen LogP contribution in [0.2, 0.25) is 0 Å². The van der Waals surface area contributed by atoms with Gasteiger partial charge in [0.25, 0.3) is 0 Å². The first-order valence-corrected chi connectivity index (χ1v) is 11.1. The van der Waals surface area contributed by atoms with Crippen LogP contribution < -0.4 is 16.0 Å². The van der Waals surface area contributed by atoms with Gasteiger partial charge in [-0.25, -0.2) is 29.7 Å². The second-order valence-corrected chi connectivity index (χ2v) is 7.90. The van der Waals surface area contributed by atoms with E-state index in [2.05, 4.69) is 45.9 Å². The van der Waals surface area contributed by atoms with Crippen molar-refractivity contribution < 1.29 is 9.53 Å². The van der Waals surface area contributed by atoms with Crippen molar-refractivity contribution in [3.05, 3.63) is 72.3 Å². The van der Waals surface area contributed by atoms with Gasteiger partial charge in [0.15, 0.2) is 5.82 Å². The van der Waals surface area contributed by atoms with E-state index in [0.29, 0.717) is 47.0 Å². The number of esters is 1. The SMILES string of the molecule is Cc1cccc(-c2nccc(Nc3ccnc(Nc4cc(C(=O)O[C@H]5CCNC5)ccn4)n3)n2)n1. The molecule has 3 N–H and O–H groups in total. The molecule has 0 aromatic carbocycles. The molecule has 0 radical (unpaired) electrons. The molecular weight excluding hydrogens is 446 g/mol. The lowest BCUT2D eigenvalue weighted by Gasteiger charge is -2.11.